The molecule has 0 saturated carbocycles. The first-order valence-corrected chi connectivity index (χ1v) is 9.82. The molecule has 0 amide bonds. The minimum absolute atomic E-state index is 0.173. The summed E-state index contributed by atoms with van der Waals surface area (Å²) in [5, 5.41) is 0. The van der Waals surface area contributed by atoms with Gasteiger partial charge in [-0.3, -0.25) is 4.79 Å². The van der Waals surface area contributed by atoms with Crippen LogP contribution in [0.15, 0.2) is 77.3 Å². The fraction of sp³-hybridized carbons (Fsp3) is 0.0833. The minimum atomic E-state index is -0.477. The van der Waals surface area contributed by atoms with Gasteiger partial charge in [-0.25, -0.2) is 4.79 Å². The van der Waals surface area contributed by atoms with Gasteiger partial charge in [0.05, 0.1) is 19.8 Å². The lowest BCUT2D eigenvalue weighted by Crippen LogP contribution is -2.09. The van der Waals surface area contributed by atoms with Crippen molar-refractivity contribution in [3.05, 3.63) is 94.0 Å². The smallest absolute Gasteiger partial charge is 0.344 e. The minimum Gasteiger partial charge on any atom is -0.493 e. The predicted octanol–water partition coefficient (Wildman–Crippen LogP) is 5.58. The Morgan fingerprint density at radius 2 is 1.57 bits per heavy atom. The van der Waals surface area contributed by atoms with E-state index in [1.807, 2.05) is 12.1 Å². The van der Waals surface area contributed by atoms with Gasteiger partial charge in [0.25, 0.3) is 0 Å². The molecule has 152 valence electrons. The van der Waals surface area contributed by atoms with Crippen LogP contribution in [-0.4, -0.2) is 26.0 Å². The van der Waals surface area contributed by atoms with Crippen LogP contribution in [0.4, 0.5) is 0 Å². The summed E-state index contributed by atoms with van der Waals surface area (Å²) in [6, 6.07) is 18.8. The maximum Gasteiger partial charge on any atom is 0.344 e. The lowest BCUT2D eigenvalue weighted by atomic mass is 10.1. The van der Waals surface area contributed by atoms with Crippen molar-refractivity contribution in [2.24, 2.45) is 0 Å². The highest BCUT2D eigenvalue weighted by Crippen LogP contribution is 2.28. The van der Waals surface area contributed by atoms with Crippen LogP contribution < -0.4 is 14.2 Å². The third-order valence-corrected chi connectivity index (χ3v) is 4.97. The summed E-state index contributed by atoms with van der Waals surface area (Å²) in [5.41, 5.74) is 1.71. The van der Waals surface area contributed by atoms with Crippen LogP contribution >= 0.6 is 15.9 Å². The number of carbonyl (C=O) groups excluding carboxylic acids is 2. The Bertz CT molecular complexity index is 1090. The van der Waals surface area contributed by atoms with Gasteiger partial charge in [-0.1, -0.05) is 24.3 Å². The first-order valence-electron chi connectivity index (χ1n) is 9.03. The van der Waals surface area contributed by atoms with E-state index in [1.54, 1.807) is 74.9 Å². The van der Waals surface area contributed by atoms with E-state index in [2.05, 4.69) is 15.9 Å². The topological polar surface area (TPSA) is 61.8 Å². The summed E-state index contributed by atoms with van der Waals surface area (Å²) >= 11 is 3.33. The molecule has 0 saturated heterocycles. The second kappa shape index (κ2) is 9.89. The van der Waals surface area contributed by atoms with Gasteiger partial charge in [-0.2, -0.15) is 0 Å². The zero-order chi connectivity index (χ0) is 21.5. The summed E-state index contributed by atoms with van der Waals surface area (Å²) in [5.74, 6) is 0.913. The van der Waals surface area contributed by atoms with E-state index < -0.39 is 5.97 Å². The molecule has 0 heterocycles. The second-order valence-corrected chi connectivity index (χ2v) is 7.06. The fourth-order valence-corrected chi connectivity index (χ4v) is 3.15. The van der Waals surface area contributed by atoms with Crippen LogP contribution in [0.2, 0.25) is 0 Å². The first kappa shape index (κ1) is 21.3. The van der Waals surface area contributed by atoms with Gasteiger partial charge in [0.1, 0.15) is 5.75 Å². The third-order valence-electron chi connectivity index (χ3n) is 4.28. The van der Waals surface area contributed by atoms with Crippen molar-refractivity contribution >= 4 is 33.8 Å². The van der Waals surface area contributed by atoms with E-state index in [0.717, 1.165) is 5.56 Å². The van der Waals surface area contributed by atoms with Crippen molar-refractivity contribution in [3.63, 3.8) is 0 Å². The molecule has 3 aromatic carbocycles. The largest absolute Gasteiger partial charge is 0.493 e. The number of methoxy groups -OCH3 is 2. The molecule has 0 unspecified atom stereocenters. The molecule has 3 aromatic rings. The summed E-state index contributed by atoms with van der Waals surface area (Å²) in [7, 11) is 3.12. The Morgan fingerprint density at radius 3 is 2.23 bits per heavy atom. The molecular weight excluding hydrogens is 448 g/mol. The highest BCUT2D eigenvalue weighted by molar-refractivity contribution is 9.10. The number of benzene rings is 3. The molecule has 0 bridgehead atoms. The average Bonchev–Trinajstić information content (AvgIpc) is 2.78. The van der Waals surface area contributed by atoms with Gasteiger partial charge in [0.15, 0.2) is 17.3 Å². The van der Waals surface area contributed by atoms with Crippen LogP contribution in [0.1, 0.15) is 26.3 Å². The van der Waals surface area contributed by atoms with Crippen LogP contribution in [0.3, 0.4) is 0 Å². The molecule has 30 heavy (non-hydrogen) atoms. The number of ketones is 1. The van der Waals surface area contributed by atoms with E-state index in [4.69, 9.17) is 14.2 Å². The summed E-state index contributed by atoms with van der Waals surface area (Å²) in [6.07, 6.45) is 3.18. The number of allylic oxidation sites excluding steroid dienone is 1. The number of rotatable bonds is 7. The molecule has 0 aliphatic heterocycles. The Morgan fingerprint density at radius 1 is 0.867 bits per heavy atom. The first-order chi connectivity index (χ1) is 14.5. The zero-order valence-electron chi connectivity index (χ0n) is 16.4. The standard InChI is InChI=1S/C24H19BrO5/c1-28-22-14-8-16(15-23(22)29-2)7-13-21(26)17-9-11-18(12-10-17)30-24(27)19-5-3-4-6-20(19)25/h3-15H,1-2H3/b13-7+. The highest BCUT2D eigenvalue weighted by atomic mass is 79.9. The summed E-state index contributed by atoms with van der Waals surface area (Å²) < 4.78 is 16.5. The number of halogens is 1. The second-order valence-electron chi connectivity index (χ2n) is 6.21. The molecule has 0 atom stereocenters. The van der Waals surface area contributed by atoms with Crippen molar-refractivity contribution in [2.45, 2.75) is 0 Å². The predicted molar refractivity (Wildman–Crippen MR) is 118 cm³/mol. The third kappa shape index (κ3) is 5.15. The van der Waals surface area contributed by atoms with Crippen LogP contribution in [0, 0.1) is 0 Å². The summed E-state index contributed by atoms with van der Waals surface area (Å²) in [6.45, 7) is 0. The van der Waals surface area contributed by atoms with Crippen molar-refractivity contribution < 1.29 is 23.8 Å². The Balaban J connectivity index is 1.67. The van der Waals surface area contributed by atoms with E-state index in [0.29, 0.717) is 32.8 Å². The molecule has 0 aromatic heterocycles. The molecular formula is C24H19BrO5. The quantitative estimate of drug-likeness (QED) is 0.197. The van der Waals surface area contributed by atoms with Crippen molar-refractivity contribution in [1.82, 2.24) is 0 Å². The Labute approximate surface area is 183 Å². The van der Waals surface area contributed by atoms with E-state index >= 15 is 0 Å². The maximum absolute atomic E-state index is 12.4. The summed E-state index contributed by atoms with van der Waals surface area (Å²) in [4.78, 5) is 24.7. The zero-order valence-corrected chi connectivity index (χ0v) is 18.0. The lowest BCUT2D eigenvalue weighted by molar-refractivity contribution is 0.0733. The van der Waals surface area contributed by atoms with Gasteiger partial charge in [-0.05, 0) is 76.1 Å². The molecule has 0 aliphatic rings. The van der Waals surface area contributed by atoms with Crippen molar-refractivity contribution in [1.29, 1.82) is 0 Å². The van der Waals surface area contributed by atoms with E-state index in [9.17, 15) is 9.59 Å². The van der Waals surface area contributed by atoms with Crippen molar-refractivity contribution in [3.8, 4) is 17.2 Å². The molecule has 0 aliphatic carbocycles. The maximum atomic E-state index is 12.4. The Hall–Kier alpha value is -3.38. The SMILES string of the molecule is COc1ccc(/C=C/C(=O)c2ccc(OC(=O)c3ccccc3Br)cc2)cc1OC. The molecule has 0 radical (unpaired) electrons. The molecule has 0 spiro atoms. The van der Waals surface area contributed by atoms with Gasteiger partial charge in [0, 0.05) is 10.0 Å². The molecule has 0 N–H and O–H groups in total. The van der Waals surface area contributed by atoms with E-state index in [1.165, 1.54) is 6.08 Å². The number of esters is 1. The molecule has 3 rings (SSSR count). The molecule has 5 nitrogen and oxygen atoms in total. The van der Waals surface area contributed by atoms with Crippen LogP contribution in [-0.2, 0) is 0 Å². The number of hydrogen-bond acceptors (Lipinski definition) is 5. The molecule has 0 fully saturated rings. The van der Waals surface area contributed by atoms with Crippen LogP contribution in [0.5, 0.6) is 17.2 Å². The van der Waals surface area contributed by atoms with E-state index in [-0.39, 0.29) is 5.78 Å². The lowest BCUT2D eigenvalue weighted by Gasteiger charge is -2.07. The number of carbonyl (C=O) groups is 2. The monoisotopic (exact) mass is 466 g/mol. The fourth-order valence-electron chi connectivity index (χ4n) is 2.70. The number of hydrogen-bond donors (Lipinski definition) is 0. The number of ether oxygens (including phenoxy) is 3. The average molecular weight is 467 g/mol. The molecule has 6 heteroatoms. The van der Waals surface area contributed by atoms with Gasteiger partial charge >= 0.3 is 5.97 Å². The van der Waals surface area contributed by atoms with Gasteiger partial charge in [-0.15, -0.1) is 0 Å². The van der Waals surface area contributed by atoms with Gasteiger partial charge < -0.3 is 14.2 Å². The van der Waals surface area contributed by atoms with Crippen LogP contribution in [0.25, 0.3) is 6.08 Å². The van der Waals surface area contributed by atoms with Gasteiger partial charge in [0.2, 0.25) is 0 Å². The normalized spacial score (nSPS) is 10.6. The Kier molecular flexibility index (Phi) is 7.03. The highest BCUT2D eigenvalue weighted by Gasteiger charge is 2.12. The van der Waals surface area contributed by atoms with Crippen molar-refractivity contribution in [2.75, 3.05) is 14.2 Å².